The standard InChI is InChI=1S/C20H21F3N2O2/c21-20(22,23)18(26)14-24-11-10-19(27)25(12-15-6-2-1-3-7-15)13-16-8-4-5-9-17(16)24/h1-9,18,26H,10-14H2. The summed E-state index contributed by atoms with van der Waals surface area (Å²) >= 11 is 0. The van der Waals surface area contributed by atoms with Gasteiger partial charge in [-0.2, -0.15) is 13.2 Å². The third kappa shape index (κ3) is 4.80. The van der Waals surface area contributed by atoms with Crippen molar-refractivity contribution in [1.29, 1.82) is 0 Å². The summed E-state index contributed by atoms with van der Waals surface area (Å²) in [5, 5.41) is 9.48. The lowest BCUT2D eigenvalue weighted by atomic mass is 10.1. The van der Waals surface area contributed by atoms with Gasteiger partial charge in [0.15, 0.2) is 6.10 Å². The van der Waals surface area contributed by atoms with Gasteiger partial charge < -0.3 is 14.9 Å². The Morgan fingerprint density at radius 3 is 2.37 bits per heavy atom. The Labute approximate surface area is 155 Å². The van der Waals surface area contributed by atoms with E-state index in [0.29, 0.717) is 18.8 Å². The van der Waals surface area contributed by atoms with Gasteiger partial charge in [0.25, 0.3) is 0 Å². The molecule has 2 aromatic rings. The number of β-amino-alcohol motifs (C(OH)–C–C–N with tert-alkyl or cyclic N) is 1. The summed E-state index contributed by atoms with van der Waals surface area (Å²) in [7, 11) is 0. The van der Waals surface area contributed by atoms with Gasteiger partial charge in [-0.05, 0) is 17.2 Å². The number of para-hydroxylation sites is 1. The SMILES string of the molecule is O=C1CCN(CC(O)C(F)(F)F)c2ccccc2CN1Cc1ccccc1. The molecule has 1 N–H and O–H groups in total. The molecule has 27 heavy (non-hydrogen) atoms. The molecule has 0 saturated heterocycles. The summed E-state index contributed by atoms with van der Waals surface area (Å²) in [6.07, 6.45) is -7.06. The first kappa shape index (κ1) is 19.2. The summed E-state index contributed by atoms with van der Waals surface area (Å²) in [5.41, 5.74) is 2.37. The minimum atomic E-state index is -4.69. The number of hydrogen-bond donors (Lipinski definition) is 1. The van der Waals surface area contributed by atoms with Crippen LogP contribution < -0.4 is 4.90 Å². The number of benzene rings is 2. The average Bonchev–Trinajstić information content (AvgIpc) is 2.64. The third-order valence-corrected chi connectivity index (χ3v) is 4.63. The van der Waals surface area contributed by atoms with Crippen molar-refractivity contribution in [1.82, 2.24) is 4.90 Å². The second-order valence-electron chi connectivity index (χ2n) is 6.62. The van der Waals surface area contributed by atoms with Crippen LogP contribution >= 0.6 is 0 Å². The average molecular weight is 378 g/mol. The highest BCUT2D eigenvalue weighted by Gasteiger charge is 2.39. The van der Waals surface area contributed by atoms with E-state index in [-0.39, 0.29) is 18.9 Å². The Bertz CT molecular complexity index is 780. The first-order chi connectivity index (χ1) is 12.8. The van der Waals surface area contributed by atoms with Crippen molar-refractivity contribution in [2.45, 2.75) is 31.8 Å². The lowest BCUT2D eigenvalue weighted by Gasteiger charge is -2.34. The van der Waals surface area contributed by atoms with Crippen LogP contribution in [0.25, 0.3) is 0 Å². The highest BCUT2D eigenvalue weighted by Crippen LogP contribution is 2.28. The van der Waals surface area contributed by atoms with E-state index in [1.165, 1.54) is 4.90 Å². The largest absolute Gasteiger partial charge is 0.416 e. The lowest BCUT2D eigenvalue weighted by molar-refractivity contribution is -0.200. The molecule has 0 bridgehead atoms. The van der Waals surface area contributed by atoms with Gasteiger partial charge in [0, 0.05) is 31.7 Å². The van der Waals surface area contributed by atoms with E-state index in [9.17, 15) is 23.1 Å². The molecular weight excluding hydrogens is 357 g/mol. The molecule has 1 aliphatic rings. The zero-order valence-corrected chi connectivity index (χ0v) is 14.7. The number of amides is 1. The van der Waals surface area contributed by atoms with Crippen molar-refractivity contribution >= 4 is 11.6 Å². The molecule has 1 unspecified atom stereocenters. The lowest BCUT2D eigenvalue weighted by Crippen LogP contribution is -2.44. The van der Waals surface area contributed by atoms with Crippen LogP contribution in [0.5, 0.6) is 0 Å². The van der Waals surface area contributed by atoms with Crippen LogP contribution in [0.4, 0.5) is 18.9 Å². The maximum atomic E-state index is 12.8. The van der Waals surface area contributed by atoms with Crippen molar-refractivity contribution in [3.8, 4) is 0 Å². The van der Waals surface area contributed by atoms with E-state index in [1.54, 1.807) is 29.2 Å². The van der Waals surface area contributed by atoms with E-state index in [4.69, 9.17) is 0 Å². The molecule has 7 heteroatoms. The normalized spacial score (nSPS) is 16.5. The Morgan fingerprint density at radius 2 is 1.67 bits per heavy atom. The number of rotatable bonds is 4. The maximum absolute atomic E-state index is 12.8. The number of carbonyl (C=O) groups is 1. The van der Waals surface area contributed by atoms with Crippen LogP contribution in [0.1, 0.15) is 17.5 Å². The molecule has 144 valence electrons. The minimum absolute atomic E-state index is 0.0890. The van der Waals surface area contributed by atoms with E-state index >= 15 is 0 Å². The topological polar surface area (TPSA) is 43.8 Å². The van der Waals surface area contributed by atoms with Gasteiger partial charge in [0.05, 0.1) is 6.54 Å². The smallest absolute Gasteiger partial charge is 0.382 e. The summed E-state index contributed by atoms with van der Waals surface area (Å²) < 4.78 is 38.4. The fourth-order valence-electron chi connectivity index (χ4n) is 3.21. The number of alkyl halides is 3. The number of halogens is 3. The van der Waals surface area contributed by atoms with Crippen molar-refractivity contribution in [3.05, 3.63) is 65.7 Å². The van der Waals surface area contributed by atoms with Gasteiger partial charge >= 0.3 is 6.18 Å². The van der Waals surface area contributed by atoms with Gasteiger partial charge in [-0.15, -0.1) is 0 Å². The zero-order valence-electron chi connectivity index (χ0n) is 14.7. The highest BCUT2D eigenvalue weighted by molar-refractivity contribution is 5.78. The Hall–Kier alpha value is -2.54. The first-order valence-electron chi connectivity index (χ1n) is 8.74. The number of hydrogen-bond acceptors (Lipinski definition) is 3. The van der Waals surface area contributed by atoms with Crippen LogP contribution in [0, 0.1) is 0 Å². The first-order valence-corrected chi connectivity index (χ1v) is 8.74. The molecule has 0 aliphatic carbocycles. The van der Waals surface area contributed by atoms with Crippen molar-refractivity contribution in [2.75, 3.05) is 18.0 Å². The zero-order chi connectivity index (χ0) is 19.4. The fraction of sp³-hybridized carbons (Fsp3) is 0.350. The molecule has 2 aromatic carbocycles. The molecule has 1 amide bonds. The molecular formula is C20H21F3N2O2. The van der Waals surface area contributed by atoms with Crippen LogP contribution in [0.2, 0.25) is 0 Å². The number of fused-ring (bicyclic) bond motifs is 1. The number of aliphatic hydroxyl groups is 1. The van der Waals surface area contributed by atoms with Crippen molar-refractivity contribution in [3.63, 3.8) is 0 Å². The molecule has 1 aliphatic heterocycles. The molecule has 0 aromatic heterocycles. The second kappa shape index (κ2) is 8.00. The van der Waals surface area contributed by atoms with Gasteiger partial charge in [-0.3, -0.25) is 4.79 Å². The molecule has 0 fully saturated rings. The van der Waals surface area contributed by atoms with E-state index in [0.717, 1.165) is 11.1 Å². The Kier molecular flexibility index (Phi) is 5.70. The van der Waals surface area contributed by atoms with E-state index < -0.39 is 18.8 Å². The molecule has 1 atom stereocenters. The van der Waals surface area contributed by atoms with Gasteiger partial charge in [0.1, 0.15) is 0 Å². The van der Waals surface area contributed by atoms with Crippen LogP contribution in [0.3, 0.4) is 0 Å². The molecule has 0 radical (unpaired) electrons. The summed E-state index contributed by atoms with van der Waals surface area (Å²) in [6.45, 7) is 0.280. The summed E-state index contributed by atoms with van der Waals surface area (Å²) in [6, 6.07) is 16.6. The van der Waals surface area contributed by atoms with Crippen molar-refractivity contribution < 1.29 is 23.1 Å². The highest BCUT2D eigenvalue weighted by atomic mass is 19.4. The molecule has 3 rings (SSSR count). The summed E-state index contributed by atoms with van der Waals surface area (Å²) in [4.78, 5) is 15.8. The predicted octanol–water partition coefficient (Wildman–Crippen LogP) is 3.35. The number of aliphatic hydroxyl groups excluding tert-OH is 1. The fourth-order valence-corrected chi connectivity index (χ4v) is 3.21. The quantitative estimate of drug-likeness (QED) is 0.888. The Morgan fingerprint density at radius 1 is 1.00 bits per heavy atom. The van der Waals surface area contributed by atoms with E-state index in [2.05, 4.69) is 0 Å². The molecule has 0 saturated carbocycles. The van der Waals surface area contributed by atoms with Crippen LogP contribution in [0.15, 0.2) is 54.6 Å². The number of carbonyl (C=O) groups excluding carboxylic acids is 1. The summed E-state index contributed by atoms with van der Waals surface area (Å²) in [5.74, 6) is -0.125. The van der Waals surface area contributed by atoms with Crippen molar-refractivity contribution in [2.24, 2.45) is 0 Å². The number of nitrogens with zero attached hydrogens (tertiary/aromatic N) is 2. The molecule has 4 nitrogen and oxygen atoms in total. The molecule has 0 spiro atoms. The second-order valence-corrected chi connectivity index (χ2v) is 6.62. The maximum Gasteiger partial charge on any atom is 0.416 e. The van der Waals surface area contributed by atoms with E-state index in [1.807, 2.05) is 30.3 Å². The Balaban J connectivity index is 1.84. The minimum Gasteiger partial charge on any atom is -0.382 e. The predicted molar refractivity (Wildman–Crippen MR) is 96.0 cm³/mol. The number of anilines is 1. The van der Waals surface area contributed by atoms with Gasteiger partial charge in [0.2, 0.25) is 5.91 Å². The third-order valence-electron chi connectivity index (χ3n) is 4.63. The van der Waals surface area contributed by atoms with Crippen LogP contribution in [-0.4, -0.2) is 41.3 Å². The van der Waals surface area contributed by atoms with Gasteiger partial charge in [-0.25, -0.2) is 0 Å². The molecule has 1 heterocycles. The van der Waals surface area contributed by atoms with Gasteiger partial charge in [-0.1, -0.05) is 48.5 Å². The van der Waals surface area contributed by atoms with Crippen LogP contribution in [-0.2, 0) is 17.9 Å². The monoisotopic (exact) mass is 378 g/mol.